The first-order chi connectivity index (χ1) is 8.83. The SMILES string of the molecule is N#CCCN(C(=O)[C@@H]1CCCN1)c1ccccc1. The quantitative estimate of drug-likeness (QED) is 0.875. The molecule has 1 heterocycles. The lowest BCUT2D eigenvalue weighted by atomic mass is 10.1. The van der Waals surface area contributed by atoms with Crippen molar-refractivity contribution in [2.45, 2.75) is 25.3 Å². The molecule has 4 nitrogen and oxygen atoms in total. The van der Waals surface area contributed by atoms with Gasteiger partial charge in [0.05, 0.1) is 18.5 Å². The summed E-state index contributed by atoms with van der Waals surface area (Å²) in [7, 11) is 0. The standard InChI is InChI=1S/C14H17N3O/c15-9-5-11-17(12-6-2-1-3-7-12)14(18)13-8-4-10-16-13/h1-3,6-7,13,16H,4-5,8,10-11H2/t13-/m0/s1. The Balaban J connectivity index is 2.14. The summed E-state index contributed by atoms with van der Waals surface area (Å²) in [4.78, 5) is 14.1. The third-order valence-corrected chi connectivity index (χ3v) is 3.14. The van der Waals surface area contributed by atoms with E-state index < -0.39 is 0 Å². The van der Waals surface area contributed by atoms with Gasteiger partial charge in [0.1, 0.15) is 0 Å². The number of anilines is 1. The molecule has 0 unspecified atom stereocenters. The van der Waals surface area contributed by atoms with Crippen molar-refractivity contribution in [2.75, 3.05) is 18.0 Å². The van der Waals surface area contributed by atoms with Crippen molar-refractivity contribution >= 4 is 11.6 Å². The van der Waals surface area contributed by atoms with Crippen LogP contribution >= 0.6 is 0 Å². The maximum Gasteiger partial charge on any atom is 0.244 e. The van der Waals surface area contributed by atoms with Gasteiger partial charge in [-0.1, -0.05) is 18.2 Å². The van der Waals surface area contributed by atoms with E-state index in [2.05, 4.69) is 11.4 Å². The van der Waals surface area contributed by atoms with E-state index in [-0.39, 0.29) is 11.9 Å². The molecular weight excluding hydrogens is 226 g/mol. The van der Waals surface area contributed by atoms with Gasteiger partial charge in [-0.2, -0.15) is 5.26 Å². The molecule has 4 heteroatoms. The van der Waals surface area contributed by atoms with Crippen molar-refractivity contribution in [3.05, 3.63) is 30.3 Å². The summed E-state index contributed by atoms with van der Waals surface area (Å²) in [6.45, 7) is 1.36. The number of carbonyl (C=O) groups is 1. The number of hydrogen-bond acceptors (Lipinski definition) is 3. The second-order valence-corrected chi connectivity index (χ2v) is 4.38. The van der Waals surface area contributed by atoms with Gasteiger partial charge < -0.3 is 10.2 Å². The van der Waals surface area contributed by atoms with Gasteiger partial charge in [-0.25, -0.2) is 0 Å². The molecule has 1 fully saturated rings. The average Bonchev–Trinajstić information content (AvgIpc) is 2.94. The summed E-state index contributed by atoms with van der Waals surface area (Å²) in [5.74, 6) is 0.0777. The van der Waals surface area contributed by atoms with Crippen LogP contribution in [0.5, 0.6) is 0 Å². The first kappa shape index (κ1) is 12.6. The zero-order valence-corrected chi connectivity index (χ0v) is 10.3. The molecule has 1 aliphatic heterocycles. The molecule has 1 N–H and O–H groups in total. The van der Waals surface area contributed by atoms with E-state index in [4.69, 9.17) is 5.26 Å². The zero-order valence-electron chi connectivity index (χ0n) is 10.3. The first-order valence-electron chi connectivity index (χ1n) is 6.29. The van der Waals surface area contributed by atoms with Crippen LogP contribution in [0, 0.1) is 11.3 Å². The Labute approximate surface area is 107 Å². The van der Waals surface area contributed by atoms with Crippen LogP contribution < -0.4 is 10.2 Å². The van der Waals surface area contributed by atoms with Crippen LogP contribution in [0.3, 0.4) is 0 Å². The van der Waals surface area contributed by atoms with Crippen LogP contribution in [0.4, 0.5) is 5.69 Å². The van der Waals surface area contributed by atoms with E-state index in [9.17, 15) is 4.79 Å². The van der Waals surface area contributed by atoms with E-state index >= 15 is 0 Å². The minimum Gasteiger partial charge on any atom is -0.310 e. The summed E-state index contributed by atoms with van der Waals surface area (Å²) < 4.78 is 0. The third kappa shape index (κ3) is 2.88. The molecule has 18 heavy (non-hydrogen) atoms. The highest BCUT2D eigenvalue weighted by Gasteiger charge is 2.27. The summed E-state index contributed by atoms with van der Waals surface area (Å²) in [6.07, 6.45) is 2.28. The van der Waals surface area contributed by atoms with Crippen molar-refractivity contribution in [3.63, 3.8) is 0 Å². The molecule has 1 saturated heterocycles. The fourth-order valence-corrected chi connectivity index (χ4v) is 2.22. The maximum atomic E-state index is 12.4. The Morgan fingerprint density at radius 3 is 2.83 bits per heavy atom. The molecule has 1 amide bonds. The summed E-state index contributed by atoms with van der Waals surface area (Å²) in [6, 6.07) is 11.6. The van der Waals surface area contributed by atoms with Crippen molar-refractivity contribution < 1.29 is 4.79 Å². The summed E-state index contributed by atoms with van der Waals surface area (Å²) >= 11 is 0. The third-order valence-electron chi connectivity index (χ3n) is 3.14. The highest BCUT2D eigenvalue weighted by atomic mass is 16.2. The van der Waals surface area contributed by atoms with E-state index in [0.717, 1.165) is 25.1 Å². The molecule has 0 radical (unpaired) electrons. The minimum absolute atomic E-state index is 0.0777. The summed E-state index contributed by atoms with van der Waals surface area (Å²) in [5, 5.41) is 11.9. The molecule has 1 aliphatic rings. The number of nitriles is 1. The number of benzene rings is 1. The van der Waals surface area contributed by atoms with Crippen molar-refractivity contribution in [1.29, 1.82) is 5.26 Å². The van der Waals surface area contributed by atoms with Crippen molar-refractivity contribution in [2.24, 2.45) is 0 Å². The number of nitrogens with zero attached hydrogens (tertiary/aromatic N) is 2. The van der Waals surface area contributed by atoms with Gasteiger partial charge in [0.2, 0.25) is 5.91 Å². The van der Waals surface area contributed by atoms with Gasteiger partial charge in [0.25, 0.3) is 0 Å². The van der Waals surface area contributed by atoms with Crippen LogP contribution in [0.2, 0.25) is 0 Å². The molecule has 2 rings (SSSR count). The monoisotopic (exact) mass is 243 g/mol. The van der Waals surface area contributed by atoms with Crippen molar-refractivity contribution in [3.8, 4) is 6.07 Å². The number of rotatable bonds is 4. The predicted molar refractivity (Wildman–Crippen MR) is 70.0 cm³/mol. The number of para-hydroxylation sites is 1. The Bertz CT molecular complexity index is 432. The Kier molecular flexibility index (Phi) is 4.32. The number of amides is 1. The van der Waals surface area contributed by atoms with Crippen LogP contribution in [-0.4, -0.2) is 25.0 Å². The van der Waals surface area contributed by atoms with Gasteiger partial charge in [0.15, 0.2) is 0 Å². The molecule has 0 bridgehead atoms. The highest BCUT2D eigenvalue weighted by Crippen LogP contribution is 2.17. The van der Waals surface area contributed by atoms with E-state index in [1.165, 1.54) is 0 Å². The molecule has 0 spiro atoms. The van der Waals surface area contributed by atoms with Gasteiger partial charge in [-0.05, 0) is 31.5 Å². The van der Waals surface area contributed by atoms with Crippen molar-refractivity contribution in [1.82, 2.24) is 5.32 Å². The lowest BCUT2D eigenvalue weighted by molar-refractivity contribution is -0.120. The lowest BCUT2D eigenvalue weighted by Gasteiger charge is -2.25. The normalized spacial score (nSPS) is 18.3. The average molecular weight is 243 g/mol. The van der Waals surface area contributed by atoms with Gasteiger partial charge in [-0.15, -0.1) is 0 Å². The number of hydrogen-bond donors (Lipinski definition) is 1. The Morgan fingerprint density at radius 2 is 2.22 bits per heavy atom. The number of carbonyl (C=O) groups excluding carboxylic acids is 1. The Morgan fingerprint density at radius 1 is 1.44 bits per heavy atom. The topological polar surface area (TPSA) is 56.1 Å². The van der Waals surface area contributed by atoms with E-state index in [1.807, 2.05) is 30.3 Å². The molecule has 0 saturated carbocycles. The molecule has 1 aromatic rings. The highest BCUT2D eigenvalue weighted by molar-refractivity contribution is 5.97. The van der Waals surface area contributed by atoms with Crippen LogP contribution in [-0.2, 0) is 4.79 Å². The zero-order chi connectivity index (χ0) is 12.8. The minimum atomic E-state index is -0.0936. The smallest absolute Gasteiger partial charge is 0.244 e. The molecule has 0 aromatic heterocycles. The molecular formula is C14H17N3O. The first-order valence-corrected chi connectivity index (χ1v) is 6.29. The van der Waals surface area contributed by atoms with Crippen LogP contribution in [0.1, 0.15) is 19.3 Å². The van der Waals surface area contributed by atoms with E-state index in [1.54, 1.807) is 4.90 Å². The maximum absolute atomic E-state index is 12.4. The molecule has 1 aromatic carbocycles. The van der Waals surface area contributed by atoms with Crippen LogP contribution in [0.25, 0.3) is 0 Å². The van der Waals surface area contributed by atoms with Gasteiger partial charge in [0, 0.05) is 12.2 Å². The predicted octanol–water partition coefficient (Wildman–Crippen LogP) is 1.69. The second kappa shape index (κ2) is 6.18. The fraction of sp³-hybridized carbons (Fsp3) is 0.429. The Hall–Kier alpha value is -1.86. The van der Waals surface area contributed by atoms with E-state index in [0.29, 0.717) is 13.0 Å². The molecule has 1 atom stereocenters. The molecule has 94 valence electrons. The summed E-state index contributed by atoms with van der Waals surface area (Å²) in [5.41, 5.74) is 0.867. The van der Waals surface area contributed by atoms with Gasteiger partial charge in [-0.3, -0.25) is 4.79 Å². The number of nitrogens with one attached hydrogen (secondary N) is 1. The largest absolute Gasteiger partial charge is 0.310 e. The van der Waals surface area contributed by atoms with Crippen LogP contribution in [0.15, 0.2) is 30.3 Å². The molecule has 0 aliphatic carbocycles. The lowest BCUT2D eigenvalue weighted by Crippen LogP contribution is -2.44. The second-order valence-electron chi connectivity index (χ2n) is 4.38. The fourth-order valence-electron chi connectivity index (χ4n) is 2.22. The van der Waals surface area contributed by atoms with Gasteiger partial charge >= 0.3 is 0 Å².